The predicted molar refractivity (Wildman–Crippen MR) is 79.4 cm³/mol. The molecular formula is C15H17N3O4. The van der Waals surface area contributed by atoms with Gasteiger partial charge < -0.3 is 15.2 Å². The first-order chi connectivity index (χ1) is 10.4. The van der Waals surface area contributed by atoms with Crippen LogP contribution in [0.3, 0.4) is 0 Å². The summed E-state index contributed by atoms with van der Waals surface area (Å²) in [6.07, 6.45) is 1.62. The topological polar surface area (TPSA) is 93.5 Å². The summed E-state index contributed by atoms with van der Waals surface area (Å²) in [5, 5.41) is 15.3. The molecule has 1 aromatic carbocycles. The number of nitrogens with zero attached hydrogens (tertiary/aromatic N) is 2. The molecule has 0 spiro atoms. The highest BCUT2D eigenvalue weighted by molar-refractivity contribution is 5.94. The summed E-state index contributed by atoms with van der Waals surface area (Å²) < 4.78 is 6.80. The molecule has 0 fully saturated rings. The number of carboxylic acid groups (broad SMARTS) is 1. The highest BCUT2D eigenvalue weighted by atomic mass is 16.5. The lowest BCUT2D eigenvalue weighted by atomic mass is 10.2. The zero-order chi connectivity index (χ0) is 16.3. The number of carbonyl (C=O) groups excluding carboxylic acids is 1. The number of benzene rings is 1. The van der Waals surface area contributed by atoms with Crippen molar-refractivity contribution in [1.29, 1.82) is 0 Å². The highest BCUT2D eigenvalue weighted by Gasteiger charge is 2.18. The maximum absolute atomic E-state index is 11.9. The lowest BCUT2D eigenvalue weighted by Gasteiger charge is -2.09. The molecule has 1 aromatic heterocycles. The fourth-order valence-electron chi connectivity index (χ4n) is 1.89. The van der Waals surface area contributed by atoms with Crippen molar-refractivity contribution < 1.29 is 19.4 Å². The van der Waals surface area contributed by atoms with Crippen LogP contribution in [0.15, 0.2) is 30.5 Å². The van der Waals surface area contributed by atoms with Gasteiger partial charge in [-0.1, -0.05) is 6.07 Å². The SMILES string of the molecule is COc1ccc(C)cc1-n1ccc(C(=O)NC(C)C(=O)O)n1. The fourth-order valence-corrected chi connectivity index (χ4v) is 1.89. The Hall–Kier alpha value is -2.83. The van der Waals surface area contributed by atoms with E-state index in [0.717, 1.165) is 5.56 Å². The first kappa shape index (κ1) is 15.6. The van der Waals surface area contributed by atoms with Crippen molar-refractivity contribution in [3.63, 3.8) is 0 Å². The van der Waals surface area contributed by atoms with Crippen molar-refractivity contribution in [2.24, 2.45) is 0 Å². The van der Waals surface area contributed by atoms with Crippen LogP contribution in [-0.4, -0.2) is 39.9 Å². The van der Waals surface area contributed by atoms with Crippen molar-refractivity contribution in [3.8, 4) is 11.4 Å². The number of carboxylic acids is 1. The fraction of sp³-hybridized carbons (Fsp3) is 0.267. The quantitative estimate of drug-likeness (QED) is 0.870. The Bertz CT molecular complexity index is 709. The molecule has 0 aliphatic rings. The largest absolute Gasteiger partial charge is 0.494 e. The number of aromatic nitrogens is 2. The zero-order valence-electron chi connectivity index (χ0n) is 12.5. The molecule has 116 valence electrons. The van der Waals surface area contributed by atoms with Crippen molar-refractivity contribution in [3.05, 3.63) is 41.7 Å². The summed E-state index contributed by atoms with van der Waals surface area (Å²) >= 11 is 0. The van der Waals surface area contributed by atoms with Crippen LogP contribution < -0.4 is 10.1 Å². The van der Waals surface area contributed by atoms with Gasteiger partial charge >= 0.3 is 5.97 Å². The smallest absolute Gasteiger partial charge is 0.325 e. The third-order valence-electron chi connectivity index (χ3n) is 3.12. The van der Waals surface area contributed by atoms with Crippen LogP contribution in [0.1, 0.15) is 23.0 Å². The van der Waals surface area contributed by atoms with E-state index >= 15 is 0 Å². The molecule has 7 nitrogen and oxygen atoms in total. The van der Waals surface area contributed by atoms with Gasteiger partial charge in [0.1, 0.15) is 17.5 Å². The number of aliphatic carboxylic acids is 1. The molecule has 22 heavy (non-hydrogen) atoms. The maximum Gasteiger partial charge on any atom is 0.325 e. The molecule has 0 saturated carbocycles. The van der Waals surface area contributed by atoms with Crippen LogP contribution in [0.4, 0.5) is 0 Å². The van der Waals surface area contributed by atoms with E-state index in [2.05, 4.69) is 10.4 Å². The summed E-state index contributed by atoms with van der Waals surface area (Å²) in [6, 6.07) is 6.15. The molecule has 0 bridgehead atoms. The van der Waals surface area contributed by atoms with E-state index in [0.29, 0.717) is 11.4 Å². The summed E-state index contributed by atoms with van der Waals surface area (Å²) in [5.74, 6) is -1.02. The van der Waals surface area contributed by atoms with Crippen molar-refractivity contribution >= 4 is 11.9 Å². The summed E-state index contributed by atoms with van der Waals surface area (Å²) in [7, 11) is 1.56. The number of carbonyl (C=O) groups is 2. The molecule has 2 aromatic rings. The van der Waals surface area contributed by atoms with Crippen LogP contribution in [0.2, 0.25) is 0 Å². The molecule has 0 aliphatic carbocycles. The van der Waals surface area contributed by atoms with Gasteiger partial charge in [-0.05, 0) is 37.6 Å². The number of ether oxygens (including phenoxy) is 1. The molecule has 2 rings (SSSR count). The molecule has 0 aliphatic heterocycles. The van der Waals surface area contributed by atoms with Crippen LogP contribution in [0.25, 0.3) is 5.69 Å². The van der Waals surface area contributed by atoms with Crippen LogP contribution in [0, 0.1) is 6.92 Å². The first-order valence-corrected chi connectivity index (χ1v) is 6.66. The molecule has 1 heterocycles. The van der Waals surface area contributed by atoms with Gasteiger partial charge in [0.2, 0.25) is 0 Å². The van der Waals surface area contributed by atoms with E-state index in [4.69, 9.17) is 9.84 Å². The Morgan fingerprint density at radius 3 is 2.73 bits per heavy atom. The molecule has 0 saturated heterocycles. The Morgan fingerprint density at radius 2 is 2.09 bits per heavy atom. The third-order valence-corrected chi connectivity index (χ3v) is 3.12. The van der Waals surface area contributed by atoms with Gasteiger partial charge in [-0.3, -0.25) is 9.59 Å². The van der Waals surface area contributed by atoms with Gasteiger partial charge in [0, 0.05) is 6.20 Å². The molecule has 1 atom stereocenters. The lowest BCUT2D eigenvalue weighted by molar-refractivity contribution is -0.138. The van der Waals surface area contributed by atoms with E-state index < -0.39 is 17.9 Å². The van der Waals surface area contributed by atoms with E-state index in [-0.39, 0.29) is 5.69 Å². The first-order valence-electron chi connectivity index (χ1n) is 6.66. The predicted octanol–water partition coefficient (Wildman–Crippen LogP) is 1.39. The Morgan fingerprint density at radius 1 is 1.36 bits per heavy atom. The van der Waals surface area contributed by atoms with Crippen LogP contribution in [-0.2, 0) is 4.79 Å². The Labute approximate surface area is 127 Å². The van der Waals surface area contributed by atoms with Crippen molar-refractivity contribution in [2.45, 2.75) is 19.9 Å². The number of methoxy groups -OCH3 is 1. The minimum Gasteiger partial charge on any atom is -0.494 e. The van der Waals surface area contributed by atoms with Crippen LogP contribution in [0.5, 0.6) is 5.75 Å². The van der Waals surface area contributed by atoms with Gasteiger partial charge in [-0.25, -0.2) is 4.68 Å². The third kappa shape index (κ3) is 3.25. The second-order valence-corrected chi connectivity index (χ2v) is 4.85. The number of amides is 1. The van der Waals surface area contributed by atoms with Gasteiger partial charge in [-0.2, -0.15) is 5.10 Å². The number of hydrogen-bond acceptors (Lipinski definition) is 4. The van der Waals surface area contributed by atoms with Crippen LogP contribution >= 0.6 is 0 Å². The normalized spacial score (nSPS) is 11.8. The molecule has 1 amide bonds. The number of nitrogens with one attached hydrogen (secondary N) is 1. The van der Waals surface area contributed by atoms with Crippen molar-refractivity contribution in [2.75, 3.05) is 7.11 Å². The second kappa shape index (κ2) is 6.30. The van der Waals surface area contributed by atoms with Gasteiger partial charge in [-0.15, -0.1) is 0 Å². The summed E-state index contributed by atoms with van der Waals surface area (Å²) in [6.45, 7) is 3.33. The second-order valence-electron chi connectivity index (χ2n) is 4.85. The number of aryl methyl sites for hydroxylation is 1. The van der Waals surface area contributed by atoms with E-state index in [1.807, 2.05) is 25.1 Å². The standard InChI is InChI=1S/C15H17N3O4/c1-9-4-5-13(22-3)12(8-9)18-7-6-11(17-18)14(19)16-10(2)15(20)21/h4-8,10H,1-3H3,(H,16,19)(H,20,21). The van der Waals surface area contributed by atoms with E-state index in [9.17, 15) is 9.59 Å². The lowest BCUT2D eigenvalue weighted by Crippen LogP contribution is -2.38. The Kier molecular flexibility index (Phi) is 4.45. The van der Waals surface area contributed by atoms with Crippen molar-refractivity contribution in [1.82, 2.24) is 15.1 Å². The van der Waals surface area contributed by atoms with Gasteiger partial charge in [0.15, 0.2) is 5.69 Å². The minimum absolute atomic E-state index is 0.136. The molecule has 2 N–H and O–H groups in total. The number of rotatable bonds is 5. The molecule has 1 unspecified atom stereocenters. The highest BCUT2D eigenvalue weighted by Crippen LogP contribution is 2.23. The summed E-state index contributed by atoms with van der Waals surface area (Å²) in [4.78, 5) is 22.7. The Balaban J connectivity index is 2.27. The van der Waals surface area contributed by atoms with E-state index in [1.54, 1.807) is 13.3 Å². The monoisotopic (exact) mass is 303 g/mol. The molecular weight excluding hydrogens is 286 g/mol. The average Bonchev–Trinajstić information content (AvgIpc) is 2.96. The van der Waals surface area contributed by atoms with Gasteiger partial charge in [0.25, 0.3) is 5.91 Å². The van der Waals surface area contributed by atoms with Gasteiger partial charge in [0.05, 0.1) is 7.11 Å². The maximum atomic E-state index is 11.9. The number of hydrogen-bond donors (Lipinski definition) is 2. The molecule has 7 heteroatoms. The minimum atomic E-state index is -1.10. The summed E-state index contributed by atoms with van der Waals surface area (Å²) in [5.41, 5.74) is 1.86. The van der Waals surface area contributed by atoms with E-state index in [1.165, 1.54) is 17.7 Å². The average molecular weight is 303 g/mol. The molecule has 0 radical (unpaired) electrons. The zero-order valence-corrected chi connectivity index (χ0v) is 12.5.